The Kier molecular flexibility index (Phi) is 2.79. The minimum absolute atomic E-state index is 0.00456. The molecular formula is C10H8N2O5S. The third-order valence-corrected chi connectivity index (χ3v) is 3.32. The van der Waals surface area contributed by atoms with Gasteiger partial charge < -0.3 is 15.6 Å². The van der Waals surface area contributed by atoms with E-state index < -0.39 is 20.9 Å². The molecule has 1 aromatic rings. The molecule has 0 saturated heterocycles. The van der Waals surface area contributed by atoms with Crippen molar-refractivity contribution in [3.63, 3.8) is 0 Å². The predicted octanol–water partition coefficient (Wildman–Crippen LogP) is -0.118. The molecule has 8 heteroatoms. The van der Waals surface area contributed by atoms with Crippen LogP contribution in [0.5, 0.6) is 11.5 Å². The number of benzene rings is 1. The van der Waals surface area contributed by atoms with E-state index in [1.165, 1.54) is 24.3 Å². The highest BCUT2D eigenvalue weighted by Crippen LogP contribution is 2.21. The van der Waals surface area contributed by atoms with Gasteiger partial charge in [0.05, 0.1) is 0 Å². The number of sulfonamides is 1. The van der Waals surface area contributed by atoms with Crippen molar-refractivity contribution in [1.29, 1.82) is 0 Å². The van der Waals surface area contributed by atoms with E-state index in [0.29, 0.717) is 0 Å². The zero-order chi connectivity index (χ0) is 13.3. The van der Waals surface area contributed by atoms with Crippen LogP contribution in [0.2, 0.25) is 0 Å². The van der Waals surface area contributed by atoms with Crippen molar-refractivity contribution < 1.29 is 23.1 Å². The van der Waals surface area contributed by atoms with Crippen molar-refractivity contribution in [2.75, 3.05) is 0 Å². The highest BCUT2D eigenvalue weighted by atomic mass is 32.2. The Bertz CT molecular complexity index is 658. The van der Waals surface area contributed by atoms with Gasteiger partial charge in [-0.2, -0.15) is 8.42 Å². The first-order valence-corrected chi connectivity index (χ1v) is 6.16. The van der Waals surface area contributed by atoms with Crippen molar-refractivity contribution >= 4 is 21.8 Å². The average Bonchev–Trinajstić information content (AvgIpc) is 2.55. The zero-order valence-corrected chi connectivity index (χ0v) is 9.72. The van der Waals surface area contributed by atoms with E-state index in [1.807, 2.05) is 0 Å². The van der Waals surface area contributed by atoms with Gasteiger partial charge in [0.1, 0.15) is 17.3 Å². The third-order valence-electron chi connectivity index (χ3n) is 2.03. The molecule has 1 heterocycles. The number of nitrogens with zero attached hydrogens (tertiary/aromatic N) is 1. The predicted molar refractivity (Wildman–Crippen MR) is 62.4 cm³/mol. The summed E-state index contributed by atoms with van der Waals surface area (Å²) >= 11 is 0. The fourth-order valence-corrected chi connectivity index (χ4v) is 2.21. The van der Waals surface area contributed by atoms with Crippen LogP contribution < -0.4 is 10.5 Å². The van der Waals surface area contributed by atoms with E-state index in [2.05, 4.69) is 4.40 Å². The number of phenolic OH excluding ortho intramolecular Hbond substituents is 1. The number of carbonyl (C=O) groups excluding carboxylic acids is 1. The molecule has 0 atom stereocenters. The van der Waals surface area contributed by atoms with Crippen LogP contribution in [-0.2, 0) is 14.8 Å². The lowest BCUT2D eigenvalue weighted by Crippen LogP contribution is -2.15. The normalized spacial score (nSPS) is 16.9. The van der Waals surface area contributed by atoms with E-state index in [4.69, 9.17) is 15.6 Å². The van der Waals surface area contributed by atoms with E-state index in [1.54, 1.807) is 0 Å². The molecule has 0 fully saturated rings. The Hall–Kier alpha value is -2.35. The van der Waals surface area contributed by atoms with Crippen LogP contribution >= 0.6 is 0 Å². The van der Waals surface area contributed by atoms with Crippen LogP contribution in [0, 0.1) is 0 Å². The van der Waals surface area contributed by atoms with Crippen LogP contribution in [0.1, 0.15) is 0 Å². The van der Waals surface area contributed by atoms with Gasteiger partial charge >= 0.3 is 5.97 Å². The zero-order valence-electron chi connectivity index (χ0n) is 8.90. The molecule has 1 aliphatic heterocycles. The lowest BCUT2D eigenvalue weighted by atomic mass is 10.3. The number of rotatable bonds is 2. The number of esters is 1. The van der Waals surface area contributed by atoms with Gasteiger partial charge in [-0.1, -0.05) is 0 Å². The number of hydrogen-bond donors (Lipinski definition) is 2. The fourth-order valence-electron chi connectivity index (χ4n) is 1.26. The lowest BCUT2D eigenvalue weighted by molar-refractivity contribution is -0.129. The first-order valence-electron chi connectivity index (χ1n) is 4.72. The molecule has 0 aromatic heterocycles. The summed E-state index contributed by atoms with van der Waals surface area (Å²) in [6, 6.07) is 5.23. The molecule has 0 bridgehead atoms. The molecule has 1 aromatic carbocycles. The number of amidine groups is 1. The SMILES string of the molecule is NC1=NS(=O)(=O)C(C(=O)Oc2ccc(O)cc2)=C1. The fraction of sp³-hybridized carbons (Fsp3) is 0. The summed E-state index contributed by atoms with van der Waals surface area (Å²) in [5.74, 6) is -1.26. The first-order chi connectivity index (χ1) is 8.38. The number of aromatic hydroxyl groups is 1. The second kappa shape index (κ2) is 4.15. The van der Waals surface area contributed by atoms with Gasteiger partial charge in [-0.15, -0.1) is 4.40 Å². The summed E-state index contributed by atoms with van der Waals surface area (Å²) in [5, 5.41) is 9.04. The molecule has 0 radical (unpaired) electrons. The number of ether oxygens (including phenoxy) is 1. The summed E-state index contributed by atoms with van der Waals surface area (Å²) in [6.45, 7) is 0. The number of hydrogen-bond acceptors (Lipinski definition) is 6. The molecule has 0 saturated carbocycles. The van der Waals surface area contributed by atoms with Crippen LogP contribution in [-0.4, -0.2) is 25.3 Å². The van der Waals surface area contributed by atoms with E-state index in [9.17, 15) is 13.2 Å². The molecule has 0 spiro atoms. The molecule has 7 nitrogen and oxygen atoms in total. The lowest BCUT2D eigenvalue weighted by Gasteiger charge is -2.03. The monoisotopic (exact) mass is 268 g/mol. The van der Waals surface area contributed by atoms with Crippen LogP contribution in [0.15, 0.2) is 39.6 Å². The molecular weight excluding hydrogens is 260 g/mol. The quantitative estimate of drug-likeness (QED) is 0.570. The van der Waals surface area contributed by atoms with Crippen LogP contribution in [0.3, 0.4) is 0 Å². The minimum atomic E-state index is -4.06. The summed E-state index contributed by atoms with van der Waals surface area (Å²) < 4.78 is 30.7. The summed E-state index contributed by atoms with van der Waals surface area (Å²) in [4.78, 5) is 11.0. The number of phenols is 1. The largest absolute Gasteiger partial charge is 0.508 e. The maximum absolute atomic E-state index is 11.6. The first kappa shape index (κ1) is 12.1. The summed E-state index contributed by atoms with van der Waals surface area (Å²) in [5.41, 5.74) is 5.21. The second-order valence-electron chi connectivity index (χ2n) is 3.38. The second-order valence-corrected chi connectivity index (χ2v) is 4.96. The molecule has 0 unspecified atom stereocenters. The van der Waals surface area contributed by atoms with Gasteiger partial charge in [0.2, 0.25) is 0 Å². The van der Waals surface area contributed by atoms with Gasteiger partial charge in [0.15, 0.2) is 4.91 Å². The van der Waals surface area contributed by atoms with Crippen molar-refractivity contribution in [2.45, 2.75) is 0 Å². The van der Waals surface area contributed by atoms with Gasteiger partial charge in [-0.3, -0.25) is 0 Å². The van der Waals surface area contributed by atoms with Gasteiger partial charge in [0.25, 0.3) is 10.0 Å². The Morgan fingerprint density at radius 3 is 2.39 bits per heavy atom. The summed E-state index contributed by atoms with van der Waals surface area (Å²) in [7, 11) is -4.06. The average molecular weight is 268 g/mol. The molecule has 94 valence electrons. The van der Waals surface area contributed by atoms with E-state index in [0.717, 1.165) is 6.08 Å². The van der Waals surface area contributed by atoms with Crippen molar-refractivity contribution in [1.82, 2.24) is 0 Å². The van der Waals surface area contributed by atoms with Gasteiger partial charge in [-0.05, 0) is 24.3 Å². The van der Waals surface area contributed by atoms with Crippen molar-refractivity contribution in [2.24, 2.45) is 10.1 Å². The Morgan fingerprint density at radius 2 is 1.89 bits per heavy atom. The number of nitrogens with two attached hydrogens (primary N) is 1. The Labute approximate surface area is 102 Å². The maximum Gasteiger partial charge on any atom is 0.357 e. The molecule has 1 aliphatic rings. The molecule has 3 N–H and O–H groups in total. The molecule has 0 aliphatic carbocycles. The van der Waals surface area contributed by atoms with Gasteiger partial charge in [-0.25, -0.2) is 4.79 Å². The van der Waals surface area contributed by atoms with Crippen LogP contribution in [0.4, 0.5) is 0 Å². The Morgan fingerprint density at radius 1 is 1.28 bits per heavy atom. The highest BCUT2D eigenvalue weighted by molar-refractivity contribution is 7.95. The summed E-state index contributed by atoms with van der Waals surface area (Å²) in [6.07, 6.45) is 0.929. The van der Waals surface area contributed by atoms with Crippen molar-refractivity contribution in [3.05, 3.63) is 35.2 Å². The molecule has 0 amide bonds. The Balaban J connectivity index is 2.20. The molecule has 18 heavy (non-hydrogen) atoms. The highest BCUT2D eigenvalue weighted by Gasteiger charge is 2.31. The topological polar surface area (TPSA) is 119 Å². The van der Waals surface area contributed by atoms with Gasteiger partial charge in [0, 0.05) is 6.08 Å². The maximum atomic E-state index is 11.6. The minimum Gasteiger partial charge on any atom is -0.508 e. The molecule has 2 rings (SSSR count). The van der Waals surface area contributed by atoms with Crippen LogP contribution in [0.25, 0.3) is 0 Å². The van der Waals surface area contributed by atoms with Crippen molar-refractivity contribution in [3.8, 4) is 11.5 Å². The number of carbonyl (C=O) groups is 1. The van der Waals surface area contributed by atoms with E-state index >= 15 is 0 Å². The standard InChI is InChI=1S/C10H8N2O5S/c11-9-5-8(18(15,16)12-9)10(14)17-7-3-1-6(13)2-4-7/h1-5,13H,(H2,11,12). The van der Waals surface area contributed by atoms with E-state index in [-0.39, 0.29) is 17.3 Å². The smallest absolute Gasteiger partial charge is 0.357 e. The third kappa shape index (κ3) is 2.33.